The highest BCUT2D eigenvalue weighted by atomic mass is 16.6. The molecule has 0 aromatic carbocycles. The molecule has 0 radical (unpaired) electrons. The zero-order chi connectivity index (χ0) is 30.8. The Hall–Kier alpha value is -1.93. The topological polar surface area (TPSA) is 102 Å². The van der Waals surface area contributed by atoms with E-state index in [1.165, 1.54) is 57.8 Å². The molecular weight excluding hydrogens is 522 g/mol. The number of esters is 2. The van der Waals surface area contributed by atoms with Crippen molar-refractivity contribution < 1.29 is 38.2 Å². The molecule has 0 bridgehead atoms. The predicted octanol–water partition coefficient (Wildman–Crippen LogP) is 5.90. The van der Waals surface area contributed by atoms with Gasteiger partial charge in [-0.25, -0.2) is 0 Å². The summed E-state index contributed by atoms with van der Waals surface area (Å²) in [6, 6.07) is -0.722. The molecule has 8 nitrogen and oxygen atoms in total. The molecule has 0 N–H and O–H groups in total. The average Bonchev–Trinajstić information content (AvgIpc) is 2.91. The highest BCUT2D eigenvalue weighted by Crippen LogP contribution is 2.13. The van der Waals surface area contributed by atoms with Crippen LogP contribution in [-0.2, 0) is 28.6 Å². The van der Waals surface area contributed by atoms with Crippen LogP contribution in [0.1, 0.15) is 129 Å². The first-order valence-electron chi connectivity index (χ1n) is 16.2. The van der Waals surface area contributed by atoms with Gasteiger partial charge in [0, 0.05) is 19.3 Å². The van der Waals surface area contributed by atoms with Gasteiger partial charge in [0.05, 0.1) is 40.3 Å². The molecule has 0 aromatic heterocycles. The molecule has 0 saturated heterocycles. The van der Waals surface area contributed by atoms with E-state index in [-0.39, 0.29) is 49.1 Å². The fourth-order valence-corrected chi connectivity index (χ4v) is 4.56. The minimum atomic E-state index is -1.13. The Labute approximate surface area is 250 Å². The molecule has 0 amide bonds. The van der Waals surface area contributed by atoms with Crippen LogP contribution in [-0.4, -0.2) is 75.5 Å². The van der Waals surface area contributed by atoms with E-state index in [0.29, 0.717) is 12.8 Å². The Kier molecular flexibility index (Phi) is 24.5. The quantitative estimate of drug-likeness (QED) is 0.0489. The van der Waals surface area contributed by atoms with E-state index < -0.39 is 18.1 Å². The minimum absolute atomic E-state index is 0.0330. The number of nitrogens with zero attached hydrogens (tertiary/aromatic N) is 1. The third kappa shape index (κ3) is 24.4. The summed E-state index contributed by atoms with van der Waals surface area (Å²) in [7, 11) is 5.37. The summed E-state index contributed by atoms with van der Waals surface area (Å²) in [6.45, 7) is 4.51. The molecule has 0 aliphatic heterocycles. The summed E-state index contributed by atoms with van der Waals surface area (Å²) >= 11 is 0. The second-order valence-corrected chi connectivity index (χ2v) is 12.0. The maximum absolute atomic E-state index is 12.5. The molecule has 0 aromatic rings. The monoisotopic (exact) mass is 583 g/mol. The Morgan fingerprint density at radius 2 is 1.27 bits per heavy atom. The summed E-state index contributed by atoms with van der Waals surface area (Å²) < 4.78 is 16.9. The van der Waals surface area contributed by atoms with Crippen molar-refractivity contribution in [1.29, 1.82) is 0 Å². The van der Waals surface area contributed by atoms with E-state index in [1.807, 2.05) is 6.08 Å². The van der Waals surface area contributed by atoms with Crippen LogP contribution in [0.3, 0.4) is 0 Å². The maximum Gasteiger partial charge on any atom is 0.306 e. The van der Waals surface area contributed by atoms with Crippen molar-refractivity contribution in [3.8, 4) is 0 Å². The van der Waals surface area contributed by atoms with E-state index in [9.17, 15) is 19.5 Å². The number of likely N-dealkylation sites (N-methyl/N-ethyl adjacent to an activating group) is 1. The average molecular weight is 584 g/mol. The summed E-state index contributed by atoms with van der Waals surface area (Å²) in [5.41, 5.74) is 0. The molecule has 0 aliphatic rings. The van der Waals surface area contributed by atoms with Crippen molar-refractivity contribution in [2.24, 2.45) is 0 Å². The van der Waals surface area contributed by atoms with Crippen molar-refractivity contribution in [2.75, 3.05) is 41.0 Å². The van der Waals surface area contributed by atoms with Crippen LogP contribution >= 0.6 is 0 Å². The lowest BCUT2D eigenvalue weighted by molar-refractivity contribution is -0.889. The normalized spacial score (nSPS) is 13.3. The number of hydrogen-bond acceptors (Lipinski definition) is 7. The SMILES string of the molecule is CCCCC/C=C/CCC(=O)OCC(COCCC(C(=O)[O-])[N+](C)(C)C)OC(=O)CCCCCCCCCCCC. The zero-order valence-corrected chi connectivity index (χ0v) is 27.0. The molecule has 41 heavy (non-hydrogen) atoms. The van der Waals surface area contributed by atoms with Gasteiger partial charge in [-0.2, -0.15) is 0 Å². The number of quaternary nitrogens is 1. The number of carboxylic acids is 1. The van der Waals surface area contributed by atoms with Crippen LogP contribution in [0, 0.1) is 0 Å². The molecule has 0 saturated carbocycles. The molecule has 0 aliphatic carbocycles. The summed E-state index contributed by atoms with van der Waals surface area (Å²) in [5.74, 6) is -1.81. The van der Waals surface area contributed by atoms with Crippen LogP contribution in [0.25, 0.3) is 0 Å². The van der Waals surface area contributed by atoms with Crippen molar-refractivity contribution >= 4 is 17.9 Å². The van der Waals surface area contributed by atoms with Crippen molar-refractivity contribution in [1.82, 2.24) is 0 Å². The number of unbranched alkanes of at least 4 members (excludes halogenated alkanes) is 12. The Bertz CT molecular complexity index is 702. The van der Waals surface area contributed by atoms with Crippen molar-refractivity contribution in [2.45, 2.75) is 142 Å². The number of allylic oxidation sites excluding steroid dienone is 2. The van der Waals surface area contributed by atoms with Crippen LogP contribution in [0.2, 0.25) is 0 Å². The Morgan fingerprint density at radius 3 is 1.85 bits per heavy atom. The lowest BCUT2D eigenvalue weighted by Gasteiger charge is -2.34. The molecule has 0 spiro atoms. The van der Waals surface area contributed by atoms with E-state index >= 15 is 0 Å². The molecular formula is C33H61NO7. The van der Waals surface area contributed by atoms with Gasteiger partial charge in [-0.15, -0.1) is 0 Å². The molecule has 240 valence electrons. The second kappa shape index (κ2) is 25.8. The van der Waals surface area contributed by atoms with Gasteiger partial charge >= 0.3 is 11.9 Å². The van der Waals surface area contributed by atoms with Gasteiger partial charge < -0.3 is 28.6 Å². The first kappa shape index (κ1) is 39.1. The molecule has 2 atom stereocenters. The predicted molar refractivity (Wildman–Crippen MR) is 162 cm³/mol. The number of aliphatic carboxylic acids is 1. The largest absolute Gasteiger partial charge is 0.544 e. The minimum Gasteiger partial charge on any atom is -0.544 e. The van der Waals surface area contributed by atoms with Gasteiger partial charge in [-0.1, -0.05) is 96.6 Å². The van der Waals surface area contributed by atoms with Crippen LogP contribution < -0.4 is 5.11 Å². The summed E-state index contributed by atoms with van der Waals surface area (Å²) in [4.78, 5) is 36.2. The van der Waals surface area contributed by atoms with Gasteiger partial charge in [0.1, 0.15) is 12.6 Å². The van der Waals surface area contributed by atoms with E-state index in [2.05, 4.69) is 19.9 Å². The standard InChI is InChI=1S/C33H61NO7/c1-6-8-10-12-14-15-16-18-20-22-24-32(36)41-29(27-39-26-25-30(33(37)38)34(3,4)5)28-40-31(35)23-21-19-17-13-11-9-7-2/h17,19,29-30H,6-16,18,20-28H2,1-5H3/b19-17+. The number of carbonyl (C=O) groups excluding carboxylic acids is 3. The first-order chi connectivity index (χ1) is 19.6. The third-order valence-electron chi connectivity index (χ3n) is 7.17. The Morgan fingerprint density at radius 1 is 0.707 bits per heavy atom. The van der Waals surface area contributed by atoms with Crippen LogP contribution in [0.4, 0.5) is 0 Å². The summed E-state index contributed by atoms with van der Waals surface area (Å²) in [5, 5.41) is 11.5. The highest BCUT2D eigenvalue weighted by molar-refractivity contribution is 5.70. The van der Waals surface area contributed by atoms with Gasteiger partial charge in [-0.3, -0.25) is 9.59 Å². The third-order valence-corrected chi connectivity index (χ3v) is 7.17. The number of carboxylic acid groups (broad SMARTS) is 1. The molecule has 8 heteroatoms. The number of rotatable bonds is 28. The zero-order valence-electron chi connectivity index (χ0n) is 27.0. The number of carbonyl (C=O) groups is 3. The number of ether oxygens (including phenoxy) is 3. The lowest BCUT2D eigenvalue weighted by atomic mass is 10.1. The molecule has 0 rings (SSSR count). The van der Waals surface area contributed by atoms with Gasteiger partial charge in [0.2, 0.25) is 0 Å². The van der Waals surface area contributed by atoms with Gasteiger partial charge in [0.15, 0.2) is 6.10 Å². The van der Waals surface area contributed by atoms with Crippen LogP contribution in [0.15, 0.2) is 12.2 Å². The fourth-order valence-electron chi connectivity index (χ4n) is 4.56. The molecule has 2 unspecified atom stereocenters. The molecule has 0 heterocycles. The van der Waals surface area contributed by atoms with Crippen LogP contribution in [0.5, 0.6) is 0 Å². The second-order valence-electron chi connectivity index (χ2n) is 12.0. The van der Waals surface area contributed by atoms with E-state index in [0.717, 1.165) is 32.1 Å². The van der Waals surface area contributed by atoms with Gasteiger partial charge in [-0.05, 0) is 25.7 Å². The highest BCUT2D eigenvalue weighted by Gasteiger charge is 2.25. The number of hydrogen-bond donors (Lipinski definition) is 0. The molecule has 0 fully saturated rings. The van der Waals surface area contributed by atoms with Gasteiger partial charge in [0.25, 0.3) is 0 Å². The first-order valence-corrected chi connectivity index (χ1v) is 16.2. The fraction of sp³-hybridized carbons (Fsp3) is 0.848. The summed E-state index contributed by atoms with van der Waals surface area (Å²) in [6.07, 6.45) is 21.2. The smallest absolute Gasteiger partial charge is 0.306 e. The Balaban J connectivity index is 4.53. The van der Waals surface area contributed by atoms with E-state index in [1.54, 1.807) is 21.1 Å². The van der Waals surface area contributed by atoms with E-state index in [4.69, 9.17) is 14.2 Å². The maximum atomic E-state index is 12.5. The van der Waals surface area contributed by atoms with Crippen molar-refractivity contribution in [3.05, 3.63) is 12.2 Å². The lowest BCUT2D eigenvalue weighted by Crippen LogP contribution is -2.55. The van der Waals surface area contributed by atoms with Crippen molar-refractivity contribution in [3.63, 3.8) is 0 Å².